The van der Waals surface area contributed by atoms with Gasteiger partial charge in [-0.1, -0.05) is 0 Å². The Bertz CT molecular complexity index is 379. The minimum atomic E-state index is -4.89. The number of halogens is 4. The van der Waals surface area contributed by atoms with Crippen LogP contribution in [0, 0.1) is 6.92 Å². The SMILES string of the molecule is COc1c(C)cc(CF)nc1OC(F)(F)F. The van der Waals surface area contributed by atoms with Crippen molar-refractivity contribution in [2.24, 2.45) is 0 Å². The van der Waals surface area contributed by atoms with E-state index >= 15 is 0 Å². The average molecular weight is 239 g/mol. The van der Waals surface area contributed by atoms with Crippen molar-refractivity contribution >= 4 is 0 Å². The molecule has 16 heavy (non-hydrogen) atoms. The van der Waals surface area contributed by atoms with Crippen molar-refractivity contribution in [2.75, 3.05) is 7.11 Å². The highest BCUT2D eigenvalue weighted by molar-refractivity contribution is 5.42. The minimum Gasteiger partial charge on any atom is -0.491 e. The van der Waals surface area contributed by atoms with Gasteiger partial charge in [0.2, 0.25) is 0 Å². The van der Waals surface area contributed by atoms with E-state index < -0.39 is 18.9 Å². The summed E-state index contributed by atoms with van der Waals surface area (Å²) >= 11 is 0. The van der Waals surface area contributed by atoms with Crippen LogP contribution in [0.2, 0.25) is 0 Å². The summed E-state index contributed by atoms with van der Waals surface area (Å²) in [5.74, 6) is -0.933. The van der Waals surface area contributed by atoms with Gasteiger partial charge in [0.15, 0.2) is 5.75 Å². The lowest BCUT2D eigenvalue weighted by molar-refractivity contribution is -0.276. The van der Waals surface area contributed by atoms with Gasteiger partial charge in [-0.25, -0.2) is 9.37 Å². The Labute approximate surface area is 89.0 Å². The van der Waals surface area contributed by atoms with Crippen molar-refractivity contribution < 1.29 is 27.0 Å². The molecule has 0 saturated heterocycles. The number of ether oxygens (including phenoxy) is 2. The molecular formula is C9H9F4NO2. The lowest BCUT2D eigenvalue weighted by Crippen LogP contribution is -2.19. The van der Waals surface area contributed by atoms with Gasteiger partial charge in [0.25, 0.3) is 5.88 Å². The molecule has 1 aromatic heterocycles. The van der Waals surface area contributed by atoms with Gasteiger partial charge in [0.05, 0.1) is 12.8 Å². The molecule has 0 atom stereocenters. The van der Waals surface area contributed by atoms with Crippen LogP contribution < -0.4 is 9.47 Å². The fourth-order valence-corrected chi connectivity index (χ4v) is 1.19. The van der Waals surface area contributed by atoms with Gasteiger partial charge < -0.3 is 9.47 Å². The van der Waals surface area contributed by atoms with E-state index in [2.05, 4.69) is 9.72 Å². The molecule has 3 nitrogen and oxygen atoms in total. The maximum Gasteiger partial charge on any atom is 0.574 e. The van der Waals surface area contributed by atoms with E-state index in [4.69, 9.17) is 4.74 Å². The predicted octanol–water partition coefficient (Wildman–Crippen LogP) is 2.77. The summed E-state index contributed by atoms with van der Waals surface area (Å²) in [6.45, 7) is 0.502. The van der Waals surface area contributed by atoms with Crippen molar-refractivity contribution in [1.29, 1.82) is 0 Å². The summed E-state index contributed by atoms with van der Waals surface area (Å²) in [4.78, 5) is 3.37. The molecule has 1 rings (SSSR count). The topological polar surface area (TPSA) is 31.4 Å². The van der Waals surface area contributed by atoms with Crippen LogP contribution in [0.1, 0.15) is 11.3 Å². The number of aromatic nitrogens is 1. The number of hydrogen-bond acceptors (Lipinski definition) is 3. The van der Waals surface area contributed by atoms with E-state index in [1.54, 1.807) is 0 Å². The van der Waals surface area contributed by atoms with Gasteiger partial charge in [0, 0.05) is 0 Å². The Kier molecular flexibility index (Phi) is 3.56. The zero-order valence-corrected chi connectivity index (χ0v) is 8.56. The zero-order chi connectivity index (χ0) is 12.3. The Morgan fingerprint density at radius 3 is 2.44 bits per heavy atom. The molecule has 0 amide bonds. The zero-order valence-electron chi connectivity index (χ0n) is 8.56. The smallest absolute Gasteiger partial charge is 0.491 e. The summed E-state index contributed by atoms with van der Waals surface area (Å²) in [5, 5.41) is 0. The summed E-state index contributed by atoms with van der Waals surface area (Å²) in [6.07, 6.45) is -4.89. The van der Waals surface area contributed by atoms with Gasteiger partial charge in [-0.2, -0.15) is 0 Å². The molecule has 0 unspecified atom stereocenters. The molecule has 0 bridgehead atoms. The number of pyridine rings is 1. The first-order chi connectivity index (χ1) is 7.37. The number of aryl methyl sites for hydroxylation is 1. The van der Waals surface area contributed by atoms with Crippen LogP contribution in [-0.2, 0) is 6.67 Å². The van der Waals surface area contributed by atoms with Crippen molar-refractivity contribution in [3.63, 3.8) is 0 Å². The van der Waals surface area contributed by atoms with E-state index in [1.165, 1.54) is 20.1 Å². The third kappa shape index (κ3) is 2.98. The highest BCUT2D eigenvalue weighted by atomic mass is 19.4. The molecule has 0 aliphatic carbocycles. The molecule has 0 saturated carbocycles. The summed E-state index contributed by atoms with van der Waals surface area (Å²) in [6, 6.07) is 1.29. The summed E-state index contributed by atoms with van der Waals surface area (Å²) in [5.41, 5.74) is 0.182. The van der Waals surface area contributed by atoms with Crippen LogP contribution in [0.25, 0.3) is 0 Å². The second-order valence-electron chi connectivity index (χ2n) is 2.95. The average Bonchev–Trinajstić information content (AvgIpc) is 2.14. The van der Waals surface area contributed by atoms with Crippen LogP contribution in [0.15, 0.2) is 6.07 Å². The van der Waals surface area contributed by atoms with Crippen LogP contribution >= 0.6 is 0 Å². The molecule has 0 aliphatic heterocycles. The van der Waals surface area contributed by atoms with Crippen molar-refractivity contribution in [2.45, 2.75) is 20.0 Å². The molecule has 0 N–H and O–H groups in total. The highest BCUT2D eigenvalue weighted by Gasteiger charge is 2.33. The lowest BCUT2D eigenvalue weighted by atomic mass is 10.2. The molecule has 0 aromatic carbocycles. The minimum absolute atomic E-state index is 0.141. The van der Waals surface area contributed by atoms with E-state index in [1.807, 2.05) is 0 Å². The number of methoxy groups -OCH3 is 1. The van der Waals surface area contributed by atoms with Crippen LogP contribution in [0.5, 0.6) is 11.6 Å². The quantitative estimate of drug-likeness (QED) is 0.760. The Hall–Kier alpha value is -1.53. The molecule has 7 heteroatoms. The van der Waals surface area contributed by atoms with Crippen molar-refractivity contribution in [3.05, 3.63) is 17.3 Å². The maximum atomic E-state index is 12.3. The van der Waals surface area contributed by atoms with Crippen molar-refractivity contribution in [3.8, 4) is 11.6 Å². The van der Waals surface area contributed by atoms with Gasteiger partial charge in [-0.15, -0.1) is 13.2 Å². The number of nitrogens with zero attached hydrogens (tertiary/aromatic N) is 1. The van der Waals surface area contributed by atoms with E-state index in [9.17, 15) is 17.6 Å². The van der Waals surface area contributed by atoms with E-state index in [0.717, 1.165) is 0 Å². The van der Waals surface area contributed by atoms with E-state index in [0.29, 0.717) is 5.56 Å². The molecule has 90 valence electrons. The fourth-order valence-electron chi connectivity index (χ4n) is 1.19. The summed E-state index contributed by atoms with van der Waals surface area (Å²) < 4.78 is 56.7. The molecule has 1 aromatic rings. The number of rotatable bonds is 3. The number of alkyl halides is 4. The molecule has 0 aliphatic rings. The van der Waals surface area contributed by atoms with Gasteiger partial charge >= 0.3 is 6.36 Å². The summed E-state index contributed by atoms with van der Waals surface area (Å²) in [7, 11) is 1.18. The highest BCUT2D eigenvalue weighted by Crippen LogP contribution is 2.33. The first-order valence-corrected chi connectivity index (χ1v) is 4.23. The second kappa shape index (κ2) is 4.54. The Morgan fingerprint density at radius 2 is 2.00 bits per heavy atom. The van der Waals surface area contributed by atoms with Gasteiger partial charge in [-0.05, 0) is 18.6 Å². The molecular weight excluding hydrogens is 230 g/mol. The Balaban J connectivity index is 3.18. The molecule has 1 heterocycles. The first kappa shape index (κ1) is 12.5. The standard InChI is InChI=1S/C9H9F4NO2/c1-5-3-6(4-10)14-8(7(5)15-2)16-9(11,12)13/h3H,4H2,1-2H3. The predicted molar refractivity (Wildman–Crippen MR) is 47.0 cm³/mol. The van der Waals surface area contributed by atoms with Crippen LogP contribution in [-0.4, -0.2) is 18.5 Å². The third-order valence-corrected chi connectivity index (χ3v) is 1.73. The van der Waals surface area contributed by atoms with Crippen molar-refractivity contribution in [1.82, 2.24) is 4.98 Å². The van der Waals surface area contributed by atoms with Crippen LogP contribution in [0.4, 0.5) is 17.6 Å². The maximum absolute atomic E-state index is 12.3. The largest absolute Gasteiger partial charge is 0.574 e. The third-order valence-electron chi connectivity index (χ3n) is 1.73. The fraction of sp³-hybridized carbons (Fsp3) is 0.444. The second-order valence-corrected chi connectivity index (χ2v) is 2.95. The van der Waals surface area contributed by atoms with E-state index in [-0.39, 0.29) is 11.4 Å². The monoisotopic (exact) mass is 239 g/mol. The van der Waals surface area contributed by atoms with Gasteiger partial charge in [-0.3, -0.25) is 0 Å². The first-order valence-electron chi connectivity index (χ1n) is 4.23. The number of hydrogen-bond donors (Lipinski definition) is 0. The Morgan fingerprint density at radius 1 is 1.38 bits per heavy atom. The molecule has 0 fully saturated rings. The molecule has 0 spiro atoms. The normalized spacial score (nSPS) is 11.4. The molecule has 0 radical (unpaired) electrons. The van der Waals surface area contributed by atoms with Crippen LogP contribution in [0.3, 0.4) is 0 Å². The lowest BCUT2D eigenvalue weighted by Gasteiger charge is -2.13. The van der Waals surface area contributed by atoms with Gasteiger partial charge in [0.1, 0.15) is 6.67 Å².